The highest BCUT2D eigenvalue weighted by Crippen LogP contribution is 2.13. The lowest BCUT2D eigenvalue weighted by Crippen LogP contribution is -1.87. The van der Waals surface area contributed by atoms with E-state index in [0.29, 0.717) is 0 Å². The van der Waals surface area contributed by atoms with Gasteiger partial charge in [0, 0.05) is 3.57 Å². The third-order valence-electron chi connectivity index (χ3n) is 3.77. The lowest BCUT2D eigenvalue weighted by molar-refractivity contribution is 0.186. The van der Waals surface area contributed by atoms with Crippen molar-refractivity contribution in [2.75, 3.05) is 6.61 Å². The van der Waals surface area contributed by atoms with Crippen LogP contribution in [0.2, 0.25) is 0 Å². The van der Waals surface area contributed by atoms with Crippen molar-refractivity contribution >= 4 is 22.6 Å². The fourth-order valence-electron chi connectivity index (χ4n) is 2.50. The van der Waals surface area contributed by atoms with E-state index < -0.39 is 0 Å². The van der Waals surface area contributed by atoms with Crippen molar-refractivity contribution in [3.05, 3.63) is 33.4 Å². The molecule has 0 aliphatic heterocycles. The van der Waals surface area contributed by atoms with Crippen LogP contribution in [0.5, 0.6) is 0 Å². The molecule has 0 saturated heterocycles. The molecule has 0 aromatic heterocycles. The predicted octanol–water partition coefficient (Wildman–Crippen LogP) is 6.17. The Morgan fingerprint density at radius 3 is 1.60 bits per heavy atom. The molecule has 1 nitrogen and oxygen atoms in total. The molecule has 0 aliphatic rings. The maximum atomic E-state index is 10.3. The molecule has 0 N–H and O–H groups in total. The summed E-state index contributed by atoms with van der Waals surface area (Å²) < 4.78 is 1.32. The van der Waals surface area contributed by atoms with Crippen LogP contribution in [0, 0.1) is 3.57 Å². The SMILES string of the molecule is [O]CCCCCCCCCCCCc1ccc(I)cc1. The van der Waals surface area contributed by atoms with Crippen LogP contribution in [-0.4, -0.2) is 6.61 Å². The van der Waals surface area contributed by atoms with Crippen LogP contribution in [0.15, 0.2) is 24.3 Å². The summed E-state index contributed by atoms with van der Waals surface area (Å²) in [6.07, 6.45) is 14.0. The maximum Gasteiger partial charge on any atom is 0.0822 e. The Morgan fingerprint density at radius 1 is 0.650 bits per heavy atom. The van der Waals surface area contributed by atoms with Gasteiger partial charge in [-0.15, -0.1) is 0 Å². The highest BCUT2D eigenvalue weighted by atomic mass is 127. The van der Waals surface area contributed by atoms with Crippen molar-refractivity contribution in [2.45, 2.75) is 70.6 Å². The first kappa shape index (κ1) is 18.0. The standard InChI is InChI=1S/C18H28IO/c19-18-14-12-17(13-15-18)11-9-7-5-3-1-2-4-6-8-10-16-20/h12-15H,1-11,16H2. The molecule has 1 aromatic carbocycles. The Bertz CT molecular complexity index is 321. The summed E-state index contributed by atoms with van der Waals surface area (Å²) in [6, 6.07) is 8.90. The summed E-state index contributed by atoms with van der Waals surface area (Å²) in [5.74, 6) is 0. The molecule has 1 radical (unpaired) electrons. The van der Waals surface area contributed by atoms with Crippen LogP contribution in [0.25, 0.3) is 0 Å². The van der Waals surface area contributed by atoms with Gasteiger partial charge in [0.15, 0.2) is 0 Å². The van der Waals surface area contributed by atoms with Crippen LogP contribution in [-0.2, 0) is 11.5 Å². The maximum absolute atomic E-state index is 10.3. The molecule has 0 amide bonds. The van der Waals surface area contributed by atoms with E-state index in [2.05, 4.69) is 46.9 Å². The van der Waals surface area contributed by atoms with Gasteiger partial charge in [0.25, 0.3) is 0 Å². The average Bonchev–Trinajstić information content (AvgIpc) is 2.47. The van der Waals surface area contributed by atoms with Gasteiger partial charge >= 0.3 is 0 Å². The molecule has 1 rings (SSSR count). The van der Waals surface area contributed by atoms with E-state index in [1.165, 1.54) is 66.9 Å². The Kier molecular flexibility index (Phi) is 11.3. The molecule has 113 valence electrons. The molecule has 0 heterocycles. The van der Waals surface area contributed by atoms with Crippen molar-refractivity contribution < 1.29 is 5.11 Å². The second-order valence-corrected chi connectivity index (χ2v) is 6.86. The lowest BCUT2D eigenvalue weighted by Gasteiger charge is -2.03. The normalized spacial score (nSPS) is 10.9. The molecule has 0 bridgehead atoms. The first-order chi connectivity index (χ1) is 9.83. The number of hydrogen-bond donors (Lipinski definition) is 0. The first-order valence-electron chi connectivity index (χ1n) is 8.15. The van der Waals surface area contributed by atoms with Crippen LogP contribution in [0.1, 0.15) is 69.8 Å². The quantitative estimate of drug-likeness (QED) is 0.302. The van der Waals surface area contributed by atoms with E-state index in [9.17, 15) is 5.11 Å². The van der Waals surface area contributed by atoms with Crippen LogP contribution in [0.3, 0.4) is 0 Å². The van der Waals surface area contributed by atoms with Crippen LogP contribution in [0.4, 0.5) is 0 Å². The number of hydrogen-bond acceptors (Lipinski definition) is 0. The van der Waals surface area contributed by atoms with Gasteiger partial charge in [-0.2, -0.15) is 0 Å². The van der Waals surface area contributed by atoms with E-state index >= 15 is 0 Å². The van der Waals surface area contributed by atoms with Crippen LogP contribution >= 0.6 is 22.6 Å². The van der Waals surface area contributed by atoms with E-state index in [1.807, 2.05) is 0 Å². The Morgan fingerprint density at radius 2 is 1.10 bits per heavy atom. The van der Waals surface area contributed by atoms with Gasteiger partial charge < -0.3 is 0 Å². The number of benzene rings is 1. The number of unbranched alkanes of at least 4 members (excludes halogenated alkanes) is 9. The fraction of sp³-hybridized carbons (Fsp3) is 0.667. The Labute approximate surface area is 138 Å². The molecule has 1 aromatic rings. The van der Waals surface area contributed by atoms with Crippen molar-refractivity contribution in [2.24, 2.45) is 0 Å². The number of rotatable bonds is 12. The highest BCUT2D eigenvalue weighted by Gasteiger charge is 1.95. The van der Waals surface area contributed by atoms with Gasteiger partial charge in [0.2, 0.25) is 0 Å². The predicted molar refractivity (Wildman–Crippen MR) is 94.6 cm³/mol. The number of aryl methyl sites for hydroxylation is 1. The molecule has 0 unspecified atom stereocenters. The van der Waals surface area contributed by atoms with Gasteiger partial charge in [-0.25, -0.2) is 5.11 Å². The van der Waals surface area contributed by atoms with E-state index in [4.69, 9.17) is 0 Å². The van der Waals surface area contributed by atoms with E-state index in [0.717, 1.165) is 12.8 Å². The van der Waals surface area contributed by atoms with Crippen molar-refractivity contribution in [3.8, 4) is 0 Å². The van der Waals surface area contributed by atoms with Gasteiger partial charge in [0.1, 0.15) is 0 Å². The summed E-state index contributed by atoms with van der Waals surface area (Å²) in [4.78, 5) is 0. The third kappa shape index (κ3) is 9.76. The molecule has 2 heteroatoms. The largest absolute Gasteiger partial charge is 0.237 e. The Hall–Kier alpha value is -0.0900. The summed E-state index contributed by atoms with van der Waals surface area (Å²) in [7, 11) is 0. The van der Waals surface area contributed by atoms with Crippen molar-refractivity contribution in [1.82, 2.24) is 0 Å². The molecule has 0 atom stereocenters. The summed E-state index contributed by atoms with van der Waals surface area (Å²) in [5.41, 5.74) is 1.48. The van der Waals surface area contributed by atoms with Gasteiger partial charge in [-0.05, 0) is 59.5 Å². The Balaban J connectivity index is 1.84. The fourth-order valence-corrected chi connectivity index (χ4v) is 2.86. The lowest BCUT2D eigenvalue weighted by atomic mass is 10.0. The van der Waals surface area contributed by atoms with Crippen molar-refractivity contribution in [3.63, 3.8) is 0 Å². The second kappa shape index (κ2) is 12.6. The minimum Gasteiger partial charge on any atom is -0.237 e. The van der Waals surface area contributed by atoms with Gasteiger partial charge in [-0.1, -0.05) is 63.5 Å². The van der Waals surface area contributed by atoms with Gasteiger partial charge in [-0.3, -0.25) is 0 Å². The summed E-state index contributed by atoms with van der Waals surface area (Å²) in [5, 5.41) is 10.3. The summed E-state index contributed by atoms with van der Waals surface area (Å²) >= 11 is 2.36. The van der Waals surface area contributed by atoms with E-state index in [1.54, 1.807) is 0 Å². The topological polar surface area (TPSA) is 19.9 Å². The highest BCUT2D eigenvalue weighted by molar-refractivity contribution is 14.1. The first-order valence-corrected chi connectivity index (χ1v) is 9.23. The minimum atomic E-state index is 0.112. The molecule has 0 saturated carbocycles. The molecule has 20 heavy (non-hydrogen) atoms. The molecule has 0 fully saturated rings. The zero-order valence-electron chi connectivity index (χ0n) is 12.6. The average molecular weight is 387 g/mol. The zero-order valence-corrected chi connectivity index (χ0v) is 14.7. The summed E-state index contributed by atoms with van der Waals surface area (Å²) in [6.45, 7) is 0.112. The van der Waals surface area contributed by atoms with Gasteiger partial charge in [0.05, 0.1) is 6.61 Å². The third-order valence-corrected chi connectivity index (χ3v) is 4.49. The zero-order chi connectivity index (χ0) is 14.5. The number of halogens is 1. The van der Waals surface area contributed by atoms with E-state index in [-0.39, 0.29) is 6.61 Å². The smallest absolute Gasteiger partial charge is 0.0822 e. The molecular formula is C18H28IO. The molecule has 0 spiro atoms. The van der Waals surface area contributed by atoms with Crippen molar-refractivity contribution in [1.29, 1.82) is 0 Å². The second-order valence-electron chi connectivity index (χ2n) is 5.62. The monoisotopic (exact) mass is 387 g/mol. The minimum absolute atomic E-state index is 0.112. The van der Waals surface area contributed by atoms with Crippen LogP contribution < -0.4 is 0 Å². The molecule has 0 aliphatic carbocycles. The molecular weight excluding hydrogens is 359 g/mol.